The summed E-state index contributed by atoms with van der Waals surface area (Å²) >= 11 is 5.51. The van der Waals surface area contributed by atoms with Crippen LogP contribution in [0.2, 0.25) is 5.02 Å². The third-order valence-electron chi connectivity index (χ3n) is 1.33. The van der Waals surface area contributed by atoms with Crippen molar-refractivity contribution in [3.8, 4) is 5.75 Å². The number of rotatable bonds is 2. The molecule has 0 aliphatic carbocycles. The van der Waals surface area contributed by atoms with Crippen LogP contribution in [-0.2, 0) is 4.79 Å². The molecule has 1 N–H and O–H groups in total. The van der Waals surface area contributed by atoms with Crippen molar-refractivity contribution in [2.24, 2.45) is 0 Å². The van der Waals surface area contributed by atoms with E-state index in [0.29, 0.717) is 5.02 Å². The Hall–Kier alpha value is -1.35. The van der Waals surface area contributed by atoms with Gasteiger partial charge in [-0.1, -0.05) is 11.6 Å². The van der Waals surface area contributed by atoms with E-state index in [0.717, 1.165) is 0 Å². The predicted molar refractivity (Wildman–Crippen MR) is 43.5 cm³/mol. The first kappa shape index (κ1) is 8.74. The normalized spacial score (nSPS) is 9.42. The molecule has 0 radical (unpaired) electrons. The van der Waals surface area contributed by atoms with E-state index in [4.69, 9.17) is 16.7 Å². The third-order valence-corrected chi connectivity index (χ3v) is 1.57. The summed E-state index contributed by atoms with van der Waals surface area (Å²) < 4.78 is 0. The molecule has 0 bridgehead atoms. The SMILES string of the molecule is O=CC(=O)c1ccc(Cl)cc1O. The van der Waals surface area contributed by atoms with E-state index in [1.165, 1.54) is 18.2 Å². The zero-order valence-electron chi connectivity index (χ0n) is 5.95. The average molecular weight is 185 g/mol. The number of benzene rings is 1. The van der Waals surface area contributed by atoms with Crippen molar-refractivity contribution in [1.82, 2.24) is 0 Å². The Morgan fingerprint density at radius 1 is 1.50 bits per heavy atom. The van der Waals surface area contributed by atoms with Crippen LogP contribution in [0.1, 0.15) is 10.4 Å². The van der Waals surface area contributed by atoms with Crippen molar-refractivity contribution >= 4 is 23.7 Å². The van der Waals surface area contributed by atoms with Crippen LogP contribution in [0, 0.1) is 0 Å². The zero-order valence-corrected chi connectivity index (χ0v) is 6.71. The van der Waals surface area contributed by atoms with E-state index in [1.807, 2.05) is 0 Å². The maximum atomic E-state index is 10.8. The molecule has 0 aromatic heterocycles. The van der Waals surface area contributed by atoms with Crippen LogP contribution in [0.5, 0.6) is 5.75 Å². The van der Waals surface area contributed by atoms with Gasteiger partial charge in [-0.3, -0.25) is 9.59 Å². The first-order valence-corrected chi connectivity index (χ1v) is 3.51. The highest BCUT2D eigenvalue weighted by Crippen LogP contribution is 2.21. The largest absolute Gasteiger partial charge is 0.507 e. The highest BCUT2D eigenvalue weighted by atomic mass is 35.5. The van der Waals surface area contributed by atoms with E-state index in [1.54, 1.807) is 0 Å². The summed E-state index contributed by atoms with van der Waals surface area (Å²) in [6.45, 7) is 0. The number of phenolic OH excluding ortho intramolecular Hbond substituents is 1. The Morgan fingerprint density at radius 3 is 2.67 bits per heavy atom. The molecule has 4 heteroatoms. The van der Waals surface area contributed by atoms with Gasteiger partial charge in [0.15, 0.2) is 6.29 Å². The fraction of sp³-hybridized carbons (Fsp3) is 0. The molecule has 0 unspecified atom stereocenters. The average Bonchev–Trinajstić information content (AvgIpc) is 2.03. The molecule has 3 nitrogen and oxygen atoms in total. The van der Waals surface area contributed by atoms with Gasteiger partial charge in [0.1, 0.15) is 5.75 Å². The highest BCUT2D eigenvalue weighted by molar-refractivity contribution is 6.35. The first-order valence-electron chi connectivity index (χ1n) is 3.13. The lowest BCUT2D eigenvalue weighted by molar-refractivity contribution is -0.104. The minimum absolute atomic E-state index is 0.0330. The monoisotopic (exact) mass is 184 g/mol. The number of carbonyl (C=O) groups is 2. The lowest BCUT2D eigenvalue weighted by atomic mass is 10.1. The van der Waals surface area contributed by atoms with Crippen molar-refractivity contribution in [3.63, 3.8) is 0 Å². The van der Waals surface area contributed by atoms with Gasteiger partial charge in [-0.2, -0.15) is 0 Å². The summed E-state index contributed by atoms with van der Waals surface area (Å²) in [6.07, 6.45) is 0.142. The van der Waals surface area contributed by atoms with Crippen molar-refractivity contribution < 1.29 is 14.7 Å². The molecule has 0 saturated heterocycles. The molecule has 1 rings (SSSR count). The number of aromatic hydroxyl groups is 1. The second kappa shape index (κ2) is 3.36. The summed E-state index contributed by atoms with van der Waals surface area (Å²) in [6, 6.07) is 3.94. The molecule has 1 aromatic rings. The minimum Gasteiger partial charge on any atom is -0.507 e. The molecule has 0 aliphatic rings. The van der Waals surface area contributed by atoms with Gasteiger partial charge in [0, 0.05) is 5.02 Å². The Kier molecular flexibility index (Phi) is 2.45. The molecular weight excluding hydrogens is 180 g/mol. The minimum atomic E-state index is -0.760. The Balaban J connectivity index is 3.18. The summed E-state index contributed by atoms with van der Waals surface area (Å²) in [5.74, 6) is -1.04. The number of hydrogen-bond acceptors (Lipinski definition) is 3. The smallest absolute Gasteiger partial charge is 0.229 e. The number of phenols is 1. The topological polar surface area (TPSA) is 54.4 Å². The molecule has 62 valence electrons. The second-order valence-electron chi connectivity index (χ2n) is 2.14. The first-order chi connectivity index (χ1) is 5.65. The summed E-state index contributed by atoms with van der Waals surface area (Å²) in [5.41, 5.74) is -0.0330. The van der Waals surface area contributed by atoms with Crippen molar-refractivity contribution in [2.45, 2.75) is 0 Å². The van der Waals surface area contributed by atoms with Crippen LogP contribution in [0.3, 0.4) is 0 Å². The van der Waals surface area contributed by atoms with E-state index in [2.05, 4.69) is 0 Å². The fourth-order valence-corrected chi connectivity index (χ4v) is 0.943. The van der Waals surface area contributed by atoms with Crippen molar-refractivity contribution in [1.29, 1.82) is 0 Å². The van der Waals surface area contributed by atoms with Gasteiger partial charge in [-0.15, -0.1) is 0 Å². The van der Waals surface area contributed by atoms with Gasteiger partial charge in [-0.05, 0) is 18.2 Å². The van der Waals surface area contributed by atoms with Crippen LogP contribution in [0.4, 0.5) is 0 Å². The van der Waals surface area contributed by atoms with Gasteiger partial charge >= 0.3 is 0 Å². The zero-order chi connectivity index (χ0) is 9.14. The van der Waals surface area contributed by atoms with Gasteiger partial charge in [0.05, 0.1) is 5.56 Å². The van der Waals surface area contributed by atoms with Crippen molar-refractivity contribution in [2.75, 3.05) is 0 Å². The molecule has 0 amide bonds. The molecule has 0 saturated carbocycles. The van der Waals surface area contributed by atoms with E-state index in [-0.39, 0.29) is 17.6 Å². The summed E-state index contributed by atoms with van der Waals surface area (Å²) in [7, 11) is 0. The van der Waals surface area contributed by atoms with Gasteiger partial charge in [-0.25, -0.2) is 0 Å². The Bertz CT molecular complexity index is 333. The quantitative estimate of drug-likeness (QED) is 0.430. The lowest BCUT2D eigenvalue weighted by Crippen LogP contribution is -1.99. The lowest BCUT2D eigenvalue weighted by Gasteiger charge is -1.98. The summed E-state index contributed by atoms with van der Waals surface area (Å²) in [5, 5.41) is 9.44. The maximum absolute atomic E-state index is 10.8. The van der Waals surface area contributed by atoms with Crippen LogP contribution in [-0.4, -0.2) is 17.2 Å². The Labute approximate surface area is 73.6 Å². The number of carbonyl (C=O) groups excluding carboxylic acids is 2. The second-order valence-corrected chi connectivity index (χ2v) is 2.58. The number of Topliss-reactive ketones (excluding diaryl/α,β-unsaturated/α-hetero) is 1. The third kappa shape index (κ3) is 1.62. The number of hydrogen-bond donors (Lipinski definition) is 1. The highest BCUT2D eigenvalue weighted by Gasteiger charge is 2.09. The predicted octanol–water partition coefficient (Wildman–Crippen LogP) is 1.43. The van der Waals surface area contributed by atoms with Crippen LogP contribution in [0.25, 0.3) is 0 Å². The summed E-state index contributed by atoms with van der Waals surface area (Å²) in [4.78, 5) is 20.8. The van der Waals surface area contributed by atoms with Crippen molar-refractivity contribution in [3.05, 3.63) is 28.8 Å². The van der Waals surface area contributed by atoms with Gasteiger partial charge in [0.25, 0.3) is 0 Å². The maximum Gasteiger partial charge on any atom is 0.229 e. The molecule has 0 atom stereocenters. The number of halogens is 1. The molecule has 0 spiro atoms. The number of ketones is 1. The van der Waals surface area contributed by atoms with E-state index in [9.17, 15) is 9.59 Å². The molecule has 0 aliphatic heterocycles. The number of aldehydes is 1. The van der Waals surface area contributed by atoms with E-state index >= 15 is 0 Å². The molecule has 0 heterocycles. The van der Waals surface area contributed by atoms with E-state index < -0.39 is 5.78 Å². The Morgan fingerprint density at radius 2 is 2.17 bits per heavy atom. The molecule has 1 aromatic carbocycles. The molecule has 0 fully saturated rings. The van der Waals surface area contributed by atoms with Gasteiger partial charge in [0.2, 0.25) is 5.78 Å². The standard InChI is InChI=1S/C8H5ClO3/c9-5-1-2-6(7(11)3-5)8(12)4-10/h1-4,11H. The fourth-order valence-electron chi connectivity index (χ4n) is 0.777. The van der Waals surface area contributed by atoms with Crippen LogP contribution in [0.15, 0.2) is 18.2 Å². The van der Waals surface area contributed by atoms with Crippen LogP contribution >= 0.6 is 11.6 Å². The van der Waals surface area contributed by atoms with Gasteiger partial charge < -0.3 is 5.11 Å². The molecule has 12 heavy (non-hydrogen) atoms. The van der Waals surface area contributed by atoms with Crippen LogP contribution < -0.4 is 0 Å². The molecular formula is C8H5ClO3.